The second-order valence-corrected chi connectivity index (χ2v) is 19.9. The van der Waals surface area contributed by atoms with Gasteiger partial charge >= 0.3 is 18.3 Å². The number of nitro benzene ring substituents is 3. The molecule has 1 aromatic heterocycles. The zero-order valence-electron chi connectivity index (χ0n) is 48.4. The summed E-state index contributed by atoms with van der Waals surface area (Å²) in [5, 5.41) is 38.1. The summed E-state index contributed by atoms with van der Waals surface area (Å²) in [5.41, 5.74) is 6.50. The number of ketones is 1. The standard InChI is InChI=1S/C28H29N3O3.C14H16N2O7.C11H10N2O5.C8H6N2O3.CH4/c1-19(22-8-4-3-5-9-22)28(34)31-15-7-11-26(31)27(33)17-21-12-13-25-23(16-21)18-24(30-25)10-6-14-29-20(2)32;1-3-21-13(17)15-11-6-5-10(16(19)20)7-9(11)8-12(15)23-14(18)22-4-2;1-2-18-11(15)12-9-4-3-8(13(16)17)5-7(9)6-10(12)14;11-8-4-5-3-6(10(12)13)1-2-7(5)9-8;/h3-5,8-9,12-13,16,18-19,26,30H,7,11,14-15,17H2,1-2H3,(H,29,32);5-7,12H,3-4,8H2,1-2H3;3-5H,2,6H2,1H3;1-3H,4H2,(H,9,11);1H4/t19-,26+;;;;/m1..../s1. The van der Waals surface area contributed by atoms with Crippen LogP contribution in [-0.4, -0.2) is 118 Å². The highest BCUT2D eigenvalue weighted by atomic mass is 16.7. The number of benzene rings is 5. The fourth-order valence-electron chi connectivity index (χ4n) is 9.91. The maximum atomic E-state index is 13.2. The molecule has 4 aliphatic rings. The predicted molar refractivity (Wildman–Crippen MR) is 324 cm³/mol. The first-order valence-electron chi connectivity index (χ1n) is 27.7. The molecule has 4 aliphatic heterocycles. The van der Waals surface area contributed by atoms with E-state index in [9.17, 15) is 68.7 Å². The highest BCUT2D eigenvalue weighted by Gasteiger charge is 2.40. The molecule has 5 aromatic carbocycles. The number of non-ortho nitro benzene ring substituents is 3. The number of nitrogens with zero attached hydrogens (tertiary/aromatic N) is 6. The number of nitrogens with one attached hydrogen (secondary N) is 3. The maximum Gasteiger partial charge on any atom is 0.510 e. The van der Waals surface area contributed by atoms with Gasteiger partial charge in [-0.25, -0.2) is 24.2 Å². The van der Waals surface area contributed by atoms with E-state index in [1.165, 1.54) is 55.5 Å². The number of aromatic nitrogens is 1. The van der Waals surface area contributed by atoms with Crippen LogP contribution in [0.25, 0.3) is 10.9 Å². The number of hydrogen-bond acceptors (Lipinski definition) is 18. The number of likely N-dealkylation sites (tertiary alicyclic amines) is 1. The van der Waals surface area contributed by atoms with E-state index in [0.717, 1.165) is 43.9 Å². The molecule has 10 rings (SSSR count). The Bertz CT molecular complexity index is 3760. The molecule has 466 valence electrons. The molecule has 0 saturated carbocycles. The van der Waals surface area contributed by atoms with Crippen LogP contribution >= 0.6 is 0 Å². The summed E-state index contributed by atoms with van der Waals surface area (Å²) in [6.07, 6.45) is -1.17. The molecule has 1 saturated heterocycles. The van der Waals surface area contributed by atoms with Gasteiger partial charge in [0.05, 0.1) is 83.0 Å². The number of fused-ring (bicyclic) bond motifs is 4. The molecule has 89 heavy (non-hydrogen) atoms. The molecule has 5 heterocycles. The SMILES string of the molecule is C.CC(=O)NCC#Cc1cc2cc(CC(=O)[C@@H]3CCCN3C(=O)[C@H](C)c3ccccc3)ccc2[nH]1.CCOC(=O)N1C(=O)Cc2cc([N+](=O)[O-])ccc21.CCOC(=O)OC1Cc2cc([N+](=O)[O-])ccc2N1C(=O)OCC.O=C1Cc2cc([N+](=O)[O-])ccc2N1. The van der Waals surface area contributed by atoms with Crippen molar-refractivity contribution in [1.82, 2.24) is 15.2 Å². The van der Waals surface area contributed by atoms with Gasteiger partial charge in [0, 0.05) is 79.3 Å². The van der Waals surface area contributed by atoms with Gasteiger partial charge in [0.15, 0.2) is 12.0 Å². The number of ether oxygens (including phenoxy) is 4. The van der Waals surface area contributed by atoms with Crippen molar-refractivity contribution in [3.05, 3.63) is 173 Å². The second kappa shape index (κ2) is 30.9. The van der Waals surface area contributed by atoms with Gasteiger partial charge in [-0.15, -0.1) is 0 Å². The van der Waals surface area contributed by atoms with Crippen LogP contribution in [0.5, 0.6) is 0 Å². The van der Waals surface area contributed by atoms with Gasteiger partial charge in [0.2, 0.25) is 23.6 Å². The smallest absolute Gasteiger partial charge is 0.449 e. The van der Waals surface area contributed by atoms with E-state index >= 15 is 0 Å². The molecule has 1 unspecified atom stereocenters. The monoisotopic (exact) mass is 1220 g/mol. The number of carbonyl (C=O) groups excluding carboxylic acids is 8. The van der Waals surface area contributed by atoms with Crippen molar-refractivity contribution in [2.75, 3.05) is 48.0 Å². The average Bonchev–Trinajstić information content (AvgIpc) is 2.56. The Morgan fingerprint density at radius 2 is 1.35 bits per heavy atom. The molecule has 3 atom stereocenters. The molecule has 6 amide bonds. The van der Waals surface area contributed by atoms with Gasteiger partial charge in [-0.1, -0.05) is 49.7 Å². The number of aromatic amines is 1. The molecule has 0 radical (unpaired) electrons. The molecule has 1 fully saturated rings. The third-order valence-electron chi connectivity index (χ3n) is 13.9. The van der Waals surface area contributed by atoms with Crippen molar-refractivity contribution in [3.63, 3.8) is 0 Å². The van der Waals surface area contributed by atoms with E-state index in [-0.39, 0.29) is 99.0 Å². The zero-order chi connectivity index (χ0) is 63.8. The fraction of sp³-hybridized carbons (Fsp3) is 0.323. The topological polar surface area (TPSA) is 352 Å². The van der Waals surface area contributed by atoms with Crippen LogP contribution in [0.2, 0.25) is 0 Å². The van der Waals surface area contributed by atoms with Crippen molar-refractivity contribution in [3.8, 4) is 11.8 Å². The maximum absolute atomic E-state index is 13.2. The number of H-pyrrole nitrogens is 1. The normalized spacial score (nSPS) is 14.9. The fourth-order valence-corrected chi connectivity index (χ4v) is 9.91. The molecule has 27 heteroatoms. The van der Waals surface area contributed by atoms with Gasteiger partial charge in [-0.05, 0) is 111 Å². The molecule has 0 spiro atoms. The number of rotatable bonds is 13. The largest absolute Gasteiger partial charge is 0.510 e. The summed E-state index contributed by atoms with van der Waals surface area (Å²) in [7, 11) is 0. The summed E-state index contributed by atoms with van der Waals surface area (Å²) in [6, 6.07) is 29.5. The minimum absolute atomic E-state index is 0. The Kier molecular flexibility index (Phi) is 23.3. The van der Waals surface area contributed by atoms with Gasteiger partial charge in [-0.2, -0.15) is 0 Å². The summed E-state index contributed by atoms with van der Waals surface area (Å²) < 4.78 is 19.5. The average molecular weight is 1220 g/mol. The van der Waals surface area contributed by atoms with Gasteiger partial charge in [-0.3, -0.25) is 54.3 Å². The Morgan fingerprint density at radius 3 is 1.99 bits per heavy atom. The van der Waals surface area contributed by atoms with E-state index in [1.807, 2.05) is 61.5 Å². The van der Waals surface area contributed by atoms with Crippen molar-refractivity contribution in [1.29, 1.82) is 0 Å². The first-order valence-corrected chi connectivity index (χ1v) is 27.7. The minimum Gasteiger partial charge on any atom is -0.449 e. The zero-order valence-corrected chi connectivity index (χ0v) is 48.4. The lowest BCUT2D eigenvalue weighted by Gasteiger charge is -2.27. The van der Waals surface area contributed by atoms with Crippen LogP contribution in [0.3, 0.4) is 0 Å². The third kappa shape index (κ3) is 17.1. The number of Topliss-reactive ketones (excluding diaryl/α,β-unsaturated/α-hetero) is 1. The number of imide groups is 1. The van der Waals surface area contributed by atoms with E-state index < -0.39 is 45.2 Å². The molecule has 0 bridgehead atoms. The summed E-state index contributed by atoms with van der Waals surface area (Å²) in [6.45, 7) is 9.62. The predicted octanol–water partition coefficient (Wildman–Crippen LogP) is 9.54. The van der Waals surface area contributed by atoms with E-state index in [2.05, 4.69) is 27.5 Å². The number of carbonyl (C=O) groups is 8. The Hall–Kier alpha value is -11.0. The van der Waals surface area contributed by atoms with Crippen molar-refractivity contribution in [2.24, 2.45) is 0 Å². The second-order valence-electron chi connectivity index (χ2n) is 19.9. The highest BCUT2D eigenvalue weighted by molar-refractivity contribution is 6.17. The van der Waals surface area contributed by atoms with Crippen molar-refractivity contribution < 1.29 is 72.1 Å². The van der Waals surface area contributed by atoms with Crippen LogP contribution in [0.15, 0.2) is 109 Å². The number of anilines is 3. The van der Waals surface area contributed by atoms with Gasteiger partial charge in [0.25, 0.3) is 17.1 Å². The first-order chi connectivity index (χ1) is 42.1. The lowest BCUT2D eigenvalue weighted by Crippen LogP contribution is -2.43. The number of hydrogen-bond donors (Lipinski definition) is 3. The van der Waals surface area contributed by atoms with Gasteiger partial charge in [0.1, 0.15) is 0 Å². The molecule has 27 nitrogen and oxygen atoms in total. The van der Waals surface area contributed by atoms with E-state index in [0.29, 0.717) is 59.7 Å². The lowest BCUT2D eigenvalue weighted by molar-refractivity contribution is -0.385. The Morgan fingerprint density at radius 1 is 0.730 bits per heavy atom. The van der Waals surface area contributed by atoms with Crippen LogP contribution in [0.1, 0.15) is 94.3 Å². The lowest BCUT2D eigenvalue weighted by atomic mass is 9.97. The summed E-state index contributed by atoms with van der Waals surface area (Å²) >= 11 is 0. The number of nitro groups is 3. The quantitative estimate of drug-likeness (QED) is 0.0318. The summed E-state index contributed by atoms with van der Waals surface area (Å²) in [4.78, 5) is 132. The Balaban J connectivity index is 0.000000200. The molecule has 3 N–H and O–H groups in total. The highest BCUT2D eigenvalue weighted by Crippen LogP contribution is 2.37. The van der Waals surface area contributed by atoms with Gasteiger partial charge < -0.3 is 39.5 Å². The molecule has 6 aromatic rings. The van der Waals surface area contributed by atoms with Crippen LogP contribution in [0.4, 0.5) is 48.5 Å². The van der Waals surface area contributed by atoms with E-state index in [4.69, 9.17) is 18.9 Å². The molecular formula is C62H65N9O18. The number of amides is 6. The van der Waals surface area contributed by atoms with Crippen molar-refractivity contribution >= 4 is 92.8 Å². The Labute approximate surface area is 510 Å². The third-order valence-corrected chi connectivity index (χ3v) is 13.9. The van der Waals surface area contributed by atoms with E-state index in [1.54, 1.807) is 31.7 Å². The van der Waals surface area contributed by atoms with Crippen molar-refractivity contribution in [2.45, 2.75) is 98.8 Å². The molecular weight excluding hydrogens is 1160 g/mol. The first kappa shape index (κ1) is 67.1. The minimum atomic E-state index is -0.967. The van der Waals surface area contributed by atoms with Crippen LogP contribution < -0.4 is 20.4 Å². The van der Waals surface area contributed by atoms with Crippen LogP contribution in [0, 0.1) is 42.2 Å². The summed E-state index contributed by atoms with van der Waals surface area (Å²) in [5.74, 6) is 5.08. The van der Waals surface area contributed by atoms with Crippen LogP contribution in [-0.2, 0) is 68.6 Å². The molecule has 0 aliphatic carbocycles.